The molecule has 0 bridgehead atoms. The van der Waals surface area contributed by atoms with Gasteiger partial charge < -0.3 is 34.5 Å². The second-order valence-electron chi connectivity index (χ2n) is 11.2. The minimum absolute atomic E-state index is 0.0325. The van der Waals surface area contributed by atoms with E-state index in [1.54, 1.807) is 13.8 Å². The van der Waals surface area contributed by atoms with Crippen LogP contribution in [0.2, 0.25) is 0 Å². The summed E-state index contributed by atoms with van der Waals surface area (Å²) in [5.41, 5.74) is 0.950. The van der Waals surface area contributed by atoms with E-state index in [2.05, 4.69) is 12.2 Å². The Kier molecular flexibility index (Phi) is 13.0. The van der Waals surface area contributed by atoms with Crippen molar-refractivity contribution in [1.29, 1.82) is 0 Å². The highest BCUT2D eigenvalue weighted by molar-refractivity contribution is 5.76. The quantitative estimate of drug-likeness (QED) is 0.266. The minimum atomic E-state index is -1.06. The van der Waals surface area contributed by atoms with Crippen LogP contribution in [-0.4, -0.2) is 65.3 Å². The fraction of sp³-hybridized carbons (Fsp3) is 0.767. The molecular formula is C30H49NO7. The van der Waals surface area contributed by atoms with Gasteiger partial charge in [-0.3, -0.25) is 4.79 Å². The van der Waals surface area contributed by atoms with Crippen molar-refractivity contribution in [2.75, 3.05) is 6.61 Å². The van der Waals surface area contributed by atoms with Crippen LogP contribution < -0.4 is 5.32 Å². The lowest BCUT2D eigenvalue weighted by molar-refractivity contribution is -0.369. The fourth-order valence-corrected chi connectivity index (χ4v) is 5.14. The van der Waals surface area contributed by atoms with Gasteiger partial charge in [0.1, 0.15) is 24.4 Å². The summed E-state index contributed by atoms with van der Waals surface area (Å²) in [5, 5.41) is 24.5. The number of fused-ring (bicyclic) bond motifs is 1. The third kappa shape index (κ3) is 10.2. The molecule has 1 aromatic carbocycles. The van der Waals surface area contributed by atoms with Gasteiger partial charge in [-0.05, 0) is 25.8 Å². The molecule has 2 fully saturated rings. The molecule has 0 spiro atoms. The predicted molar refractivity (Wildman–Crippen MR) is 145 cm³/mol. The standard InChI is InChI=1S/C30H49NO7/c1-4-5-6-7-8-9-10-11-15-18-23(32)19-25(33)31-26-27(34)28-24(21-36-30(2,3)38-28)37-29(26)35-20-22-16-13-12-14-17-22/h12-14,16-17,23-24,26-29,32,34H,4-11,15,18-21H2,1-3H3,(H,31,33)/t23?,24-,26-,27-,28-,29-/m1/s1. The van der Waals surface area contributed by atoms with Crippen LogP contribution in [0.3, 0.4) is 0 Å². The van der Waals surface area contributed by atoms with E-state index < -0.39 is 42.5 Å². The Morgan fingerprint density at radius 2 is 1.74 bits per heavy atom. The number of nitrogens with one attached hydrogen (secondary N) is 1. The van der Waals surface area contributed by atoms with Crippen LogP contribution >= 0.6 is 0 Å². The van der Waals surface area contributed by atoms with Crippen molar-refractivity contribution in [3.8, 4) is 0 Å². The summed E-state index contributed by atoms with van der Waals surface area (Å²) in [4.78, 5) is 12.9. The van der Waals surface area contributed by atoms with E-state index in [1.165, 1.54) is 44.9 Å². The number of aliphatic hydroxyl groups excluding tert-OH is 2. The molecule has 0 radical (unpaired) electrons. The monoisotopic (exact) mass is 535 g/mol. The van der Waals surface area contributed by atoms with Gasteiger partial charge in [0, 0.05) is 0 Å². The van der Waals surface area contributed by atoms with Crippen LogP contribution in [-0.2, 0) is 30.3 Å². The van der Waals surface area contributed by atoms with Crippen molar-refractivity contribution < 1.29 is 34.0 Å². The average Bonchev–Trinajstić information content (AvgIpc) is 2.89. The predicted octanol–water partition coefficient (Wildman–Crippen LogP) is 4.60. The van der Waals surface area contributed by atoms with Gasteiger partial charge in [-0.2, -0.15) is 0 Å². The number of carbonyl (C=O) groups excluding carboxylic acids is 1. The summed E-state index contributed by atoms with van der Waals surface area (Å²) in [6.45, 7) is 6.30. The van der Waals surface area contributed by atoms with Gasteiger partial charge in [-0.15, -0.1) is 0 Å². The third-order valence-corrected chi connectivity index (χ3v) is 7.33. The molecule has 0 aromatic heterocycles. The first-order chi connectivity index (χ1) is 18.3. The molecule has 6 atom stereocenters. The number of hydrogen-bond acceptors (Lipinski definition) is 7. The largest absolute Gasteiger partial charge is 0.393 e. The molecule has 8 nitrogen and oxygen atoms in total. The van der Waals surface area contributed by atoms with Gasteiger partial charge in [0.2, 0.25) is 5.91 Å². The minimum Gasteiger partial charge on any atom is -0.393 e. The van der Waals surface area contributed by atoms with E-state index in [0.717, 1.165) is 18.4 Å². The zero-order valence-electron chi connectivity index (χ0n) is 23.5. The molecule has 1 aromatic rings. The van der Waals surface area contributed by atoms with Gasteiger partial charge in [0.05, 0.1) is 25.7 Å². The van der Waals surface area contributed by atoms with E-state index in [4.69, 9.17) is 18.9 Å². The fourth-order valence-electron chi connectivity index (χ4n) is 5.14. The Morgan fingerprint density at radius 3 is 2.42 bits per heavy atom. The first-order valence-corrected chi connectivity index (χ1v) is 14.6. The number of carbonyl (C=O) groups is 1. The van der Waals surface area contributed by atoms with Crippen LogP contribution in [0, 0.1) is 0 Å². The van der Waals surface area contributed by atoms with Gasteiger partial charge in [-0.1, -0.05) is 95.0 Å². The Hall–Kier alpha value is -1.55. The normalized spacial score (nSPS) is 27.4. The highest BCUT2D eigenvalue weighted by Gasteiger charge is 2.51. The maximum absolute atomic E-state index is 12.9. The number of aliphatic hydroxyl groups is 2. The second-order valence-corrected chi connectivity index (χ2v) is 11.2. The van der Waals surface area contributed by atoms with Gasteiger partial charge >= 0.3 is 0 Å². The molecule has 2 aliphatic heterocycles. The summed E-state index contributed by atoms with van der Waals surface area (Å²) in [6, 6.07) is 8.80. The van der Waals surface area contributed by atoms with E-state index in [9.17, 15) is 15.0 Å². The Balaban J connectivity index is 1.47. The van der Waals surface area contributed by atoms with E-state index in [-0.39, 0.29) is 25.5 Å². The van der Waals surface area contributed by atoms with E-state index in [1.807, 2.05) is 30.3 Å². The molecular weight excluding hydrogens is 486 g/mol. The lowest BCUT2D eigenvalue weighted by Gasteiger charge is -2.49. The first-order valence-electron chi connectivity index (χ1n) is 14.6. The molecule has 2 aliphatic rings. The highest BCUT2D eigenvalue weighted by Crippen LogP contribution is 2.33. The van der Waals surface area contributed by atoms with Crippen LogP contribution in [0.25, 0.3) is 0 Å². The van der Waals surface area contributed by atoms with Crippen molar-refractivity contribution in [2.24, 2.45) is 0 Å². The maximum atomic E-state index is 12.9. The smallest absolute Gasteiger partial charge is 0.223 e. The summed E-state index contributed by atoms with van der Waals surface area (Å²) in [5.74, 6) is -1.22. The second kappa shape index (κ2) is 15.9. The van der Waals surface area contributed by atoms with Crippen LogP contribution in [0.15, 0.2) is 30.3 Å². The molecule has 38 heavy (non-hydrogen) atoms. The summed E-state index contributed by atoms with van der Waals surface area (Å²) in [7, 11) is 0. The molecule has 0 saturated carbocycles. The zero-order chi connectivity index (χ0) is 27.4. The third-order valence-electron chi connectivity index (χ3n) is 7.33. The SMILES string of the molecule is CCCCCCCCCCCC(O)CC(=O)N[C@H]1[C@H](OCc2ccccc2)O[C@@H]2COC(C)(C)O[C@H]2[C@@H]1O. The van der Waals surface area contributed by atoms with Crippen molar-refractivity contribution in [3.05, 3.63) is 35.9 Å². The molecule has 8 heteroatoms. The topological polar surface area (TPSA) is 106 Å². The number of amides is 1. The summed E-state index contributed by atoms with van der Waals surface area (Å²) < 4.78 is 23.8. The Bertz CT molecular complexity index is 805. The number of hydrogen-bond donors (Lipinski definition) is 3. The van der Waals surface area contributed by atoms with Crippen LogP contribution in [0.5, 0.6) is 0 Å². The molecule has 2 heterocycles. The van der Waals surface area contributed by atoms with Gasteiger partial charge in [0.15, 0.2) is 12.1 Å². The molecule has 0 aliphatic carbocycles. The number of benzene rings is 1. The molecule has 216 valence electrons. The number of ether oxygens (including phenoxy) is 4. The van der Waals surface area contributed by atoms with Crippen LogP contribution in [0.4, 0.5) is 0 Å². The molecule has 1 unspecified atom stereocenters. The van der Waals surface area contributed by atoms with Crippen molar-refractivity contribution >= 4 is 5.91 Å². The van der Waals surface area contributed by atoms with E-state index in [0.29, 0.717) is 6.42 Å². The lowest BCUT2D eigenvalue weighted by Crippen LogP contribution is -2.68. The van der Waals surface area contributed by atoms with Crippen molar-refractivity contribution in [3.63, 3.8) is 0 Å². The molecule has 1 amide bonds. The van der Waals surface area contributed by atoms with Gasteiger partial charge in [0.25, 0.3) is 0 Å². The number of unbranched alkanes of at least 4 members (excludes halogenated alkanes) is 8. The number of rotatable bonds is 16. The molecule has 3 rings (SSSR count). The Morgan fingerprint density at radius 1 is 1.08 bits per heavy atom. The molecule has 3 N–H and O–H groups in total. The molecule has 2 saturated heterocycles. The van der Waals surface area contributed by atoms with E-state index >= 15 is 0 Å². The van der Waals surface area contributed by atoms with Gasteiger partial charge in [-0.25, -0.2) is 0 Å². The highest BCUT2D eigenvalue weighted by atomic mass is 16.8. The summed E-state index contributed by atoms with van der Waals surface area (Å²) >= 11 is 0. The van der Waals surface area contributed by atoms with Crippen LogP contribution in [0.1, 0.15) is 97.0 Å². The Labute approximate surface area is 228 Å². The van der Waals surface area contributed by atoms with Crippen molar-refractivity contribution in [1.82, 2.24) is 5.32 Å². The summed E-state index contributed by atoms with van der Waals surface area (Å²) in [6.07, 6.45) is 7.53. The lowest BCUT2D eigenvalue weighted by atomic mass is 9.95. The average molecular weight is 536 g/mol. The zero-order valence-corrected chi connectivity index (χ0v) is 23.5. The maximum Gasteiger partial charge on any atom is 0.223 e. The first kappa shape index (κ1) is 31.0. The van der Waals surface area contributed by atoms with Crippen molar-refractivity contribution in [2.45, 2.75) is 141 Å².